The first-order valence-corrected chi connectivity index (χ1v) is 3.73. The smallest absolute Gasteiger partial charge is 0.0990 e. The highest BCUT2D eigenvalue weighted by atomic mass is 79.9. The van der Waals surface area contributed by atoms with Crippen LogP contribution in [0.15, 0.2) is 35.3 Å². The van der Waals surface area contributed by atoms with Gasteiger partial charge in [-0.3, -0.25) is 0 Å². The molecule has 0 saturated carbocycles. The largest absolute Gasteiger partial charge is 0.307 e. The van der Waals surface area contributed by atoms with Crippen LogP contribution in [-0.2, 0) is 0 Å². The van der Waals surface area contributed by atoms with Gasteiger partial charge in [0.15, 0.2) is 0 Å². The van der Waals surface area contributed by atoms with Gasteiger partial charge in [-0.25, -0.2) is 4.98 Å². The average Bonchev–Trinajstić information content (AvgIpc) is 2.27. The topological polar surface area (TPSA) is 17.3 Å². The molecule has 0 fully saturated rings. The van der Waals surface area contributed by atoms with Crippen LogP contribution >= 0.6 is 15.9 Å². The lowest BCUT2D eigenvalue weighted by molar-refractivity contribution is 1.09. The van der Waals surface area contributed by atoms with Gasteiger partial charge in [0.2, 0.25) is 0 Å². The molecule has 2 aromatic heterocycles. The summed E-state index contributed by atoms with van der Waals surface area (Å²) < 4.78 is 3.05. The van der Waals surface area contributed by atoms with Crippen molar-refractivity contribution in [1.82, 2.24) is 9.38 Å². The molecule has 0 spiro atoms. The summed E-state index contributed by atoms with van der Waals surface area (Å²) in [7, 11) is 0. The van der Waals surface area contributed by atoms with Gasteiger partial charge in [0.1, 0.15) is 0 Å². The summed E-state index contributed by atoms with van der Waals surface area (Å²) >= 11 is 3.38. The van der Waals surface area contributed by atoms with Crippen molar-refractivity contribution < 1.29 is 0 Å². The molecule has 0 aliphatic rings. The van der Waals surface area contributed by atoms with Gasteiger partial charge >= 0.3 is 0 Å². The molecule has 10 heavy (non-hydrogen) atoms. The molecule has 3 heteroatoms. The second-order valence-corrected chi connectivity index (χ2v) is 2.99. The van der Waals surface area contributed by atoms with E-state index < -0.39 is 0 Å². The van der Waals surface area contributed by atoms with Crippen LogP contribution < -0.4 is 0 Å². The number of fused-ring (bicyclic) bond motifs is 1. The van der Waals surface area contributed by atoms with Gasteiger partial charge in [0.25, 0.3) is 0 Å². The standard InChI is InChI=1S/C7H5BrN2/c8-6-3-7-1-2-9-5-10(7)4-6/h1-5H. The molecule has 0 radical (unpaired) electrons. The van der Waals surface area contributed by atoms with E-state index in [4.69, 9.17) is 0 Å². The minimum Gasteiger partial charge on any atom is -0.307 e. The quantitative estimate of drug-likeness (QED) is 0.632. The van der Waals surface area contributed by atoms with Crippen LogP contribution in [0.4, 0.5) is 0 Å². The molecule has 0 unspecified atom stereocenters. The fourth-order valence-corrected chi connectivity index (χ4v) is 1.38. The Labute approximate surface area is 66.6 Å². The highest BCUT2D eigenvalue weighted by Crippen LogP contribution is 2.13. The molecule has 50 valence electrons. The molecule has 0 atom stereocenters. The van der Waals surface area contributed by atoms with Crippen LogP contribution in [0, 0.1) is 0 Å². The summed E-state index contributed by atoms with van der Waals surface area (Å²) in [6, 6.07) is 4.01. The van der Waals surface area contributed by atoms with Crippen molar-refractivity contribution in [3.63, 3.8) is 0 Å². The average molecular weight is 197 g/mol. The summed E-state index contributed by atoms with van der Waals surface area (Å²) in [6.07, 6.45) is 5.53. The van der Waals surface area contributed by atoms with Gasteiger partial charge in [-0.2, -0.15) is 0 Å². The van der Waals surface area contributed by atoms with Gasteiger partial charge in [-0.15, -0.1) is 0 Å². The van der Waals surface area contributed by atoms with Gasteiger partial charge in [0, 0.05) is 22.4 Å². The van der Waals surface area contributed by atoms with E-state index in [-0.39, 0.29) is 0 Å². The fourth-order valence-electron chi connectivity index (χ4n) is 0.924. The monoisotopic (exact) mass is 196 g/mol. The Morgan fingerprint density at radius 3 is 3.20 bits per heavy atom. The van der Waals surface area contributed by atoms with E-state index >= 15 is 0 Å². The molecule has 0 aliphatic carbocycles. The highest BCUT2D eigenvalue weighted by Gasteiger charge is 1.92. The maximum atomic E-state index is 3.97. The maximum Gasteiger partial charge on any atom is 0.0990 e. The molecule has 0 amide bonds. The lowest BCUT2D eigenvalue weighted by Gasteiger charge is -1.87. The van der Waals surface area contributed by atoms with E-state index in [0.29, 0.717) is 0 Å². The van der Waals surface area contributed by atoms with Crippen molar-refractivity contribution in [2.45, 2.75) is 0 Å². The van der Waals surface area contributed by atoms with Crippen LogP contribution in [0.2, 0.25) is 0 Å². The Balaban J connectivity index is 2.88. The van der Waals surface area contributed by atoms with Crippen LogP contribution in [0.25, 0.3) is 5.52 Å². The molecule has 2 rings (SSSR count). The molecule has 0 bridgehead atoms. The third kappa shape index (κ3) is 0.827. The lowest BCUT2D eigenvalue weighted by Crippen LogP contribution is -1.80. The van der Waals surface area contributed by atoms with Gasteiger partial charge < -0.3 is 4.40 Å². The van der Waals surface area contributed by atoms with Crippen molar-refractivity contribution in [1.29, 1.82) is 0 Å². The predicted octanol–water partition coefficient (Wildman–Crippen LogP) is 2.10. The molecular weight excluding hydrogens is 192 g/mol. The number of hydrogen-bond acceptors (Lipinski definition) is 1. The third-order valence-electron chi connectivity index (χ3n) is 1.37. The zero-order valence-corrected chi connectivity index (χ0v) is 6.75. The molecule has 2 nitrogen and oxygen atoms in total. The maximum absolute atomic E-state index is 3.97. The SMILES string of the molecule is Brc1cc2ccncn2c1. The first-order valence-electron chi connectivity index (χ1n) is 2.93. The number of aromatic nitrogens is 2. The van der Waals surface area contributed by atoms with Gasteiger partial charge in [-0.05, 0) is 28.1 Å². The Bertz CT molecular complexity index is 320. The minimum absolute atomic E-state index is 1.08. The second-order valence-electron chi connectivity index (χ2n) is 2.07. The van der Waals surface area contributed by atoms with Crippen molar-refractivity contribution in [2.75, 3.05) is 0 Å². The van der Waals surface area contributed by atoms with Crippen LogP contribution in [0.5, 0.6) is 0 Å². The number of rotatable bonds is 0. The van der Waals surface area contributed by atoms with E-state index in [9.17, 15) is 0 Å². The summed E-state index contributed by atoms with van der Waals surface area (Å²) in [5, 5.41) is 0. The molecule has 2 heterocycles. The second kappa shape index (κ2) is 2.09. The van der Waals surface area contributed by atoms with Crippen molar-refractivity contribution >= 4 is 21.4 Å². The van der Waals surface area contributed by atoms with Crippen molar-refractivity contribution in [3.8, 4) is 0 Å². The van der Waals surface area contributed by atoms with Gasteiger partial charge in [-0.1, -0.05) is 0 Å². The Kier molecular flexibility index (Phi) is 1.24. The zero-order valence-electron chi connectivity index (χ0n) is 5.16. The van der Waals surface area contributed by atoms with Crippen LogP contribution in [-0.4, -0.2) is 9.38 Å². The van der Waals surface area contributed by atoms with Crippen molar-refractivity contribution in [2.24, 2.45) is 0 Å². The summed E-state index contributed by atoms with van der Waals surface area (Å²) in [5.41, 5.74) is 1.15. The first-order chi connectivity index (χ1) is 4.86. The van der Waals surface area contributed by atoms with E-state index in [0.717, 1.165) is 9.99 Å². The Morgan fingerprint density at radius 2 is 2.40 bits per heavy atom. The van der Waals surface area contributed by atoms with E-state index in [1.165, 1.54) is 0 Å². The van der Waals surface area contributed by atoms with Crippen LogP contribution in [0.1, 0.15) is 0 Å². The number of halogens is 1. The summed E-state index contributed by atoms with van der Waals surface area (Å²) in [6.45, 7) is 0. The molecule has 0 saturated heterocycles. The van der Waals surface area contributed by atoms with Gasteiger partial charge in [0.05, 0.1) is 6.33 Å². The molecular formula is C7H5BrN2. The Hall–Kier alpha value is -0.830. The fraction of sp³-hybridized carbons (Fsp3) is 0. The third-order valence-corrected chi connectivity index (χ3v) is 1.80. The van der Waals surface area contributed by atoms with E-state index in [2.05, 4.69) is 20.9 Å². The molecule has 0 aromatic carbocycles. The highest BCUT2D eigenvalue weighted by molar-refractivity contribution is 9.10. The minimum atomic E-state index is 1.08. The molecule has 2 aromatic rings. The van der Waals surface area contributed by atoms with Crippen molar-refractivity contribution in [3.05, 3.63) is 35.3 Å². The normalized spacial score (nSPS) is 10.5. The number of nitrogens with zero attached hydrogens (tertiary/aromatic N) is 2. The summed E-state index contributed by atoms with van der Waals surface area (Å²) in [4.78, 5) is 3.97. The lowest BCUT2D eigenvalue weighted by atomic mass is 10.5. The summed E-state index contributed by atoms with van der Waals surface area (Å²) in [5.74, 6) is 0. The molecule has 0 N–H and O–H groups in total. The first kappa shape index (κ1) is 5.92. The zero-order chi connectivity index (χ0) is 6.97. The molecule has 0 aliphatic heterocycles. The Morgan fingerprint density at radius 1 is 1.50 bits per heavy atom. The van der Waals surface area contributed by atoms with Crippen LogP contribution in [0.3, 0.4) is 0 Å². The predicted molar refractivity (Wildman–Crippen MR) is 42.9 cm³/mol. The van der Waals surface area contributed by atoms with E-state index in [1.54, 1.807) is 12.5 Å². The number of hydrogen-bond donors (Lipinski definition) is 0. The van der Waals surface area contributed by atoms with E-state index in [1.807, 2.05) is 22.7 Å².